The van der Waals surface area contributed by atoms with Gasteiger partial charge in [-0.1, -0.05) is 12.1 Å². The van der Waals surface area contributed by atoms with Crippen LogP contribution in [0.3, 0.4) is 0 Å². The molecule has 0 bridgehead atoms. The lowest BCUT2D eigenvalue weighted by Gasteiger charge is -2.05. The molecule has 136 valence electrons. The minimum atomic E-state index is -3.48. The Hall–Kier alpha value is -2.22. The zero-order chi connectivity index (χ0) is 18.4. The molecule has 0 amide bonds. The lowest BCUT2D eigenvalue weighted by atomic mass is 10.1. The highest BCUT2D eigenvalue weighted by Crippen LogP contribution is 2.05. The summed E-state index contributed by atoms with van der Waals surface area (Å²) in [6.45, 7) is 4.47. The number of rotatable bonds is 8. The Morgan fingerprint density at radius 3 is 2.56 bits per heavy atom. The van der Waals surface area contributed by atoms with Crippen LogP contribution >= 0.6 is 0 Å². The molecule has 0 aliphatic carbocycles. The monoisotopic (exact) mass is 367 g/mol. The number of nitrogens with zero attached hydrogens (tertiary/aromatic N) is 3. The molecule has 8 heteroatoms. The molecular weight excluding hydrogens is 343 g/mol. The number of sulfonamides is 1. The fourth-order valence-corrected chi connectivity index (χ4v) is 3.30. The van der Waals surface area contributed by atoms with E-state index in [0.29, 0.717) is 17.7 Å². The second-order valence-electron chi connectivity index (χ2n) is 5.97. The van der Waals surface area contributed by atoms with Crippen molar-refractivity contribution in [3.05, 3.63) is 53.9 Å². The largest absolute Gasteiger partial charge is 0.253 e. The Labute approximate surface area is 148 Å². The Morgan fingerprint density at radius 2 is 1.96 bits per heavy atom. The smallest absolute Gasteiger partial charge is 0.237 e. The van der Waals surface area contributed by atoms with Gasteiger partial charge in [-0.25, -0.2) is 26.8 Å². The van der Waals surface area contributed by atoms with E-state index in [9.17, 15) is 12.8 Å². The number of benzene rings is 1. The van der Waals surface area contributed by atoms with E-state index >= 15 is 0 Å². The van der Waals surface area contributed by atoms with Crippen LogP contribution in [0.5, 0.6) is 0 Å². The number of aryl methyl sites for hydroxylation is 2. The number of hydrogen-bond donors (Lipinski definition) is 1. The van der Waals surface area contributed by atoms with Gasteiger partial charge in [0.2, 0.25) is 10.0 Å². The lowest BCUT2D eigenvalue weighted by Crippen LogP contribution is -2.29. The number of unbranched alkanes of at least 4 members (excludes halogenated alkanes) is 1. The maximum Gasteiger partial charge on any atom is 0.253 e. The van der Waals surface area contributed by atoms with Crippen LogP contribution in [0.4, 0.5) is 4.39 Å². The third kappa shape index (κ3) is 5.67. The molecule has 6 nitrogen and oxygen atoms in total. The summed E-state index contributed by atoms with van der Waals surface area (Å²) < 4.78 is 41.0. The fourth-order valence-electron chi connectivity index (χ4n) is 2.35. The average Bonchev–Trinajstić information content (AvgIpc) is 2.89. The molecule has 1 heterocycles. The predicted molar refractivity (Wildman–Crippen MR) is 95.1 cm³/mol. The first-order chi connectivity index (χ1) is 11.8. The van der Waals surface area contributed by atoms with Crippen LogP contribution < -0.4 is 9.40 Å². The number of nitrogens with one attached hydrogen (secondary N) is 1. The SMILES string of the molecule is C/C(=N/NS(=O)(=O)CCCCn1cc[n+](C)c1C)c1ccc(F)cc1. The predicted octanol–water partition coefficient (Wildman–Crippen LogP) is 1.88. The molecule has 0 spiro atoms. The van der Waals surface area contributed by atoms with Gasteiger partial charge in [0.25, 0.3) is 5.82 Å². The molecule has 0 saturated carbocycles. The Balaban J connectivity index is 1.82. The zero-order valence-corrected chi connectivity index (χ0v) is 15.6. The quantitative estimate of drug-likeness (QED) is 0.335. The second kappa shape index (κ2) is 8.24. The first-order valence-electron chi connectivity index (χ1n) is 8.09. The van der Waals surface area contributed by atoms with E-state index in [2.05, 4.69) is 14.5 Å². The normalized spacial score (nSPS) is 12.4. The second-order valence-corrected chi connectivity index (χ2v) is 7.79. The summed E-state index contributed by atoms with van der Waals surface area (Å²) in [5.41, 5.74) is 1.15. The summed E-state index contributed by atoms with van der Waals surface area (Å²) >= 11 is 0. The highest BCUT2D eigenvalue weighted by Gasteiger charge is 2.11. The van der Waals surface area contributed by atoms with Crippen molar-refractivity contribution in [2.45, 2.75) is 33.2 Å². The van der Waals surface area contributed by atoms with Crippen LogP contribution in [0.1, 0.15) is 31.2 Å². The van der Waals surface area contributed by atoms with Crippen LogP contribution in [-0.4, -0.2) is 24.4 Å². The van der Waals surface area contributed by atoms with Crippen LogP contribution in [0.2, 0.25) is 0 Å². The number of hydrazone groups is 1. The van der Waals surface area contributed by atoms with Crippen molar-refractivity contribution in [2.24, 2.45) is 12.1 Å². The molecule has 2 rings (SSSR count). The maximum atomic E-state index is 12.9. The molecule has 0 saturated heterocycles. The molecule has 0 radical (unpaired) electrons. The highest BCUT2D eigenvalue weighted by molar-refractivity contribution is 7.89. The van der Waals surface area contributed by atoms with Crippen molar-refractivity contribution in [1.29, 1.82) is 0 Å². The van der Waals surface area contributed by atoms with E-state index in [0.717, 1.165) is 18.8 Å². The van der Waals surface area contributed by atoms with Gasteiger partial charge in [0.15, 0.2) is 0 Å². The molecule has 2 aromatic rings. The van der Waals surface area contributed by atoms with Gasteiger partial charge in [-0.05, 0) is 37.5 Å². The van der Waals surface area contributed by atoms with Crippen molar-refractivity contribution in [1.82, 2.24) is 9.40 Å². The highest BCUT2D eigenvalue weighted by atomic mass is 32.2. The van der Waals surface area contributed by atoms with Crippen LogP contribution in [0, 0.1) is 12.7 Å². The average molecular weight is 367 g/mol. The Bertz CT molecular complexity index is 842. The minimum Gasteiger partial charge on any atom is -0.237 e. The summed E-state index contributed by atoms with van der Waals surface area (Å²) in [7, 11) is -1.50. The van der Waals surface area contributed by atoms with Crippen molar-refractivity contribution >= 4 is 15.7 Å². The van der Waals surface area contributed by atoms with Gasteiger partial charge in [0, 0.05) is 6.92 Å². The topological polar surface area (TPSA) is 67.3 Å². The number of imidazole rings is 1. The molecule has 0 aliphatic rings. The van der Waals surface area contributed by atoms with Gasteiger partial charge < -0.3 is 0 Å². The molecule has 0 unspecified atom stereocenters. The van der Waals surface area contributed by atoms with Crippen molar-refractivity contribution in [3.8, 4) is 0 Å². The van der Waals surface area contributed by atoms with E-state index in [1.54, 1.807) is 19.1 Å². The maximum absolute atomic E-state index is 12.9. The summed E-state index contributed by atoms with van der Waals surface area (Å²) in [6.07, 6.45) is 5.26. The summed E-state index contributed by atoms with van der Waals surface area (Å²) in [5, 5.41) is 3.90. The lowest BCUT2D eigenvalue weighted by molar-refractivity contribution is -0.677. The summed E-state index contributed by atoms with van der Waals surface area (Å²) in [5.74, 6) is 0.795. The van der Waals surface area contributed by atoms with E-state index in [1.807, 2.05) is 30.9 Å². The van der Waals surface area contributed by atoms with Gasteiger partial charge in [0.1, 0.15) is 18.2 Å². The Morgan fingerprint density at radius 1 is 1.28 bits per heavy atom. The summed E-state index contributed by atoms with van der Waals surface area (Å²) in [6, 6.07) is 5.74. The third-order valence-electron chi connectivity index (χ3n) is 4.07. The van der Waals surface area contributed by atoms with Gasteiger partial charge in [-0.2, -0.15) is 5.10 Å². The van der Waals surface area contributed by atoms with Crippen LogP contribution in [-0.2, 0) is 23.6 Å². The molecule has 1 aromatic carbocycles. The van der Waals surface area contributed by atoms with Gasteiger partial charge in [0.05, 0.1) is 25.1 Å². The minimum absolute atomic E-state index is 0.0135. The van der Waals surface area contributed by atoms with Crippen molar-refractivity contribution < 1.29 is 17.4 Å². The first-order valence-corrected chi connectivity index (χ1v) is 9.75. The van der Waals surface area contributed by atoms with E-state index < -0.39 is 10.0 Å². The van der Waals surface area contributed by atoms with E-state index in [4.69, 9.17) is 0 Å². The molecular formula is C17H24FN4O2S+. The Kier molecular flexibility index (Phi) is 6.30. The molecule has 1 aromatic heterocycles. The number of aromatic nitrogens is 2. The molecule has 0 aliphatic heterocycles. The number of hydrogen-bond acceptors (Lipinski definition) is 3. The van der Waals surface area contributed by atoms with Crippen LogP contribution in [0.25, 0.3) is 0 Å². The fraction of sp³-hybridized carbons (Fsp3) is 0.412. The van der Waals surface area contributed by atoms with Crippen LogP contribution in [0.15, 0.2) is 41.8 Å². The molecule has 0 fully saturated rings. The third-order valence-corrected chi connectivity index (χ3v) is 5.27. The first kappa shape index (κ1) is 19.1. The van der Waals surface area contributed by atoms with Gasteiger partial charge in [-0.15, -0.1) is 0 Å². The molecule has 25 heavy (non-hydrogen) atoms. The zero-order valence-electron chi connectivity index (χ0n) is 14.7. The van der Waals surface area contributed by atoms with Gasteiger partial charge >= 0.3 is 0 Å². The van der Waals surface area contributed by atoms with Gasteiger partial charge in [-0.3, -0.25) is 0 Å². The van der Waals surface area contributed by atoms with E-state index in [-0.39, 0.29) is 11.6 Å². The van der Waals surface area contributed by atoms with E-state index in [1.165, 1.54) is 12.1 Å². The van der Waals surface area contributed by atoms with Crippen molar-refractivity contribution in [2.75, 3.05) is 5.75 Å². The number of halogens is 1. The molecule has 0 atom stereocenters. The van der Waals surface area contributed by atoms with Crippen molar-refractivity contribution in [3.63, 3.8) is 0 Å². The summed E-state index contributed by atoms with van der Waals surface area (Å²) in [4.78, 5) is 2.24. The standard InChI is InChI=1S/C17H24FN4O2S/c1-14(16-6-8-17(18)9-7-16)19-20-25(23,24)13-5-4-10-22-12-11-21(3)15(22)2/h6-9,11-12,20H,4-5,10,13H2,1-3H3/q+1/b19-14-. The molecule has 1 N–H and O–H groups in total.